The maximum Gasteiger partial charge on any atom is 0.433 e. The summed E-state index contributed by atoms with van der Waals surface area (Å²) in [6.45, 7) is 3.75. The van der Waals surface area contributed by atoms with Crippen molar-refractivity contribution in [1.29, 1.82) is 0 Å². The van der Waals surface area contributed by atoms with E-state index in [4.69, 9.17) is 4.74 Å². The minimum atomic E-state index is -4.69. The van der Waals surface area contributed by atoms with Gasteiger partial charge >= 0.3 is 12.3 Å². The molecule has 1 aliphatic rings. The van der Waals surface area contributed by atoms with Crippen LogP contribution in [0.15, 0.2) is 0 Å². The number of amides is 1. The Labute approximate surface area is 130 Å². The molecule has 0 saturated heterocycles. The fourth-order valence-electron chi connectivity index (χ4n) is 2.26. The lowest BCUT2D eigenvalue weighted by Crippen LogP contribution is -2.41. The molecule has 0 aliphatic carbocycles. The number of ether oxygens (including phenoxy) is 1. The van der Waals surface area contributed by atoms with Gasteiger partial charge in [0.1, 0.15) is 12.3 Å². The van der Waals surface area contributed by atoms with E-state index in [1.807, 2.05) is 0 Å². The number of carbonyl (C=O) groups is 1. The molecule has 1 amide bonds. The summed E-state index contributed by atoms with van der Waals surface area (Å²) < 4.78 is 57.1. The third-order valence-corrected chi connectivity index (χ3v) is 3.15. The van der Waals surface area contributed by atoms with Crippen molar-refractivity contribution in [1.82, 2.24) is 14.9 Å². The lowest BCUT2D eigenvalue weighted by atomic mass is 10.0. The van der Waals surface area contributed by atoms with E-state index in [1.54, 1.807) is 20.8 Å². The van der Waals surface area contributed by atoms with E-state index in [0.29, 0.717) is 0 Å². The Kier molecular flexibility index (Phi) is 4.50. The zero-order chi connectivity index (χ0) is 17.4. The lowest BCUT2D eigenvalue weighted by molar-refractivity contribution is -0.142. The van der Waals surface area contributed by atoms with Crippen LogP contribution in [0.5, 0.6) is 0 Å². The van der Waals surface area contributed by atoms with Gasteiger partial charge in [0.05, 0.1) is 12.2 Å². The monoisotopic (exact) mass is 335 g/mol. The van der Waals surface area contributed by atoms with Crippen LogP contribution in [0.25, 0.3) is 0 Å². The van der Waals surface area contributed by atoms with Gasteiger partial charge in [-0.1, -0.05) is 0 Å². The van der Waals surface area contributed by atoms with Gasteiger partial charge in [0.2, 0.25) is 0 Å². The number of hydrogen-bond donors (Lipinski definition) is 0. The molecule has 2 rings (SSSR count). The molecule has 1 aromatic rings. The third-order valence-electron chi connectivity index (χ3n) is 3.15. The van der Waals surface area contributed by atoms with E-state index in [-0.39, 0.29) is 30.8 Å². The second-order valence-electron chi connectivity index (χ2n) is 6.20. The van der Waals surface area contributed by atoms with Crippen LogP contribution in [0.2, 0.25) is 0 Å². The summed E-state index contributed by atoms with van der Waals surface area (Å²) in [4.78, 5) is 20.3. The van der Waals surface area contributed by atoms with Gasteiger partial charge in [-0.05, 0) is 27.2 Å². The third kappa shape index (κ3) is 4.08. The average Bonchev–Trinajstić information content (AvgIpc) is 2.42. The molecule has 0 spiro atoms. The summed E-state index contributed by atoms with van der Waals surface area (Å²) in [5, 5.41) is 0. The molecule has 0 atom stereocenters. The van der Waals surface area contributed by atoms with Crippen LogP contribution in [0.4, 0.5) is 22.4 Å². The summed E-state index contributed by atoms with van der Waals surface area (Å²) in [5.74, 6) is -0.540. The Morgan fingerprint density at radius 1 is 1.26 bits per heavy atom. The van der Waals surface area contributed by atoms with Crippen LogP contribution >= 0.6 is 0 Å². The molecule has 5 nitrogen and oxygen atoms in total. The smallest absolute Gasteiger partial charge is 0.433 e. The highest BCUT2D eigenvalue weighted by atomic mass is 19.4. The first-order chi connectivity index (χ1) is 10.5. The van der Waals surface area contributed by atoms with Crippen LogP contribution in [0.3, 0.4) is 0 Å². The van der Waals surface area contributed by atoms with Gasteiger partial charge in [-0.3, -0.25) is 0 Å². The second-order valence-corrected chi connectivity index (χ2v) is 6.20. The molecule has 2 heterocycles. The number of nitrogens with zero attached hydrogens (tertiary/aromatic N) is 3. The van der Waals surface area contributed by atoms with Crippen molar-refractivity contribution in [3.63, 3.8) is 0 Å². The maximum absolute atomic E-state index is 13.1. The SMILES string of the molecule is CC(C)(C)OC(=O)N1CCc2c(nc(CF)nc2C(F)(F)F)C1. The van der Waals surface area contributed by atoms with Gasteiger partial charge in [0.15, 0.2) is 11.5 Å². The van der Waals surface area contributed by atoms with Crippen molar-refractivity contribution in [2.24, 2.45) is 0 Å². The van der Waals surface area contributed by atoms with E-state index in [0.717, 1.165) is 0 Å². The first kappa shape index (κ1) is 17.4. The van der Waals surface area contributed by atoms with Crippen molar-refractivity contribution < 1.29 is 27.1 Å². The van der Waals surface area contributed by atoms with Crippen LogP contribution < -0.4 is 0 Å². The number of hydrogen-bond acceptors (Lipinski definition) is 4. The average molecular weight is 335 g/mol. The Balaban J connectivity index is 2.32. The molecule has 0 fully saturated rings. The first-order valence-electron chi connectivity index (χ1n) is 7.01. The molecular weight excluding hydrogens is 318 g/mol. The van der Waals surface area contributed by atoms with Crippen molar-refractivity contribution in [2.75, 3.05) is 6.54 Å². The van der Waals surface area contributed by atoms with Crippen LogP contribution in [0, 0.1) is 0 Å². The quantitative estimate of drug-likeness (QED) is 0.739. The molecule has 0 unspecified atom stereocenters. The van der Waals surface area contributed by atoms with E-state index in [1.165, 1.54) is 4.90 Å². The topological polar surface area (TPSA) is 55.3 Å². The Morgan fingerprint density at radius 3 is 2.43 bits per heavy atom. The highest BCUT2D eigenvalue weighted by molar-refractivity contribution is 5.68. The van der Waals surface area contributed by atoms with Crippen LogP contribution in [-0.2, 0) is 30.6 Å². The molecule has 0 aromatic carbocycles. The maximum atomic E-state index is 13.1. The van der Waals surface area contributed by atoms with E-state index >= 15 is 0 Å². The number of carbonyl (C=O) groups excluding carboxylic acids is 1. The number of rotatable bonds is 1. The minimum Gasteiger partial charge on any atom is -0.444 e. The summed E-state index contributed by atoms with van der Waals surface area (Å²) in [6.07, 6.45) is -5.39. The van der Waals surface area contributed by atoms with Gasteiger partial charge < -0.3 is 9.64 Å². The number of alkyl halides is 4. The largest absolute Gasteiger partial charge is 0.444 e. The summed E-state index contributed by atoms with van der Waals surface area (Å²) in [5.41, 5.74) is -1.92. The van der Waals surface area contributed by atoms with Gasteiger partial charge in [-0.15, -0.1) is 0 Å². The van der Waals surface area contributed by atoms with E-state index < -0.39 is 36.1 Å². The second kappa shape index (κ2) is 5.93. The summed E-state index contributed by atoms with van der Waals surface area (Å²) in [6, 6.07) is 0. The molecule has 1 aromatic heterocycles. The van der Waals surface area contributed by atoms with Gasteiger partial charge in [0.25, 0.3) is 0 Å². The molecule has 1 aliphatic heterocycles. The van der Waals surface area contributed by atoms with Crippen molar-refractivity contribution >= 4 is 6.09 Å². The Bertz CT molecular complexity index is 611. The van der Waals surface area contributed by atoms with E-state index in [2.05, 4.69) is 9.97 Å². The highest BCUT2D eigenvalue weighted by Crippen LogP contribution is 2.34. The molecule has 0 saturated carbocycles. The van der Waals surface area contributed by atoms with Crippen LogP contribution in [-0.4, -0.2) is 33.1 Å². The molecule has 23 heavy (non-hydrogen) atoms. The van der Waals surface area contributed by atoms with Crippen molar-refractivity contribution in [3.05, 3.63) is 22.8 Å². The predicted octanol–water partition coefficient (Wildman–Crippen LogP) is 3.26. The molecule has 0 radical (unpaired) electrons. The zero-order valence-corrected chi connectivity index (χ0v) is 13.0. The summed E-state index contributed by atoms with van der Waals surface area (Å²) in [7, 11) is 0. The van der Waals surface area contributed by atoms with Crippen LogP contribution in [0.1, 0.15) is 43.5 Å². The summed E-state index contributed by atoms with van der Waals surface area (Å²) >= 11 is 0. The molecular formula is C14H17F4N3O2. The normalized spacial score (nSPS) is 15.3. The zero-order valence-electron chi connectivity index (χ0n) is 13.0. The van der Waals surface area contributed by atoms with E-state index in [9.17, 15) is 22.4 Å². The van der Waals surface area contributed by atoms with Gasteiger partial charge in [-0.2, -0.15) is 13.2 Å². The molecule has 128 valence electrons. The van der Waals surface area contributed by atoms with Crippen molar-refractivity contribution in [3.8, 4) is 0 Å². The highest BCUT2D eigenvalue weighted by Gasteiger charge is 2.39. The van der Waals surface area contributed by atoms with Crippen molar-refractivity contribution in [2.45, 2.75) is 52.2 Å². The Hall–Kier alpha value is -1.93. The molecule has 0 bridgehead atoms. The number of aromatic nitrogens is 2. The molecule has 9 heteroatoms. The van der Waals surface area contributed by atoms with Gasteiger partial charge in [-0.25, -0.2) is 19.2 Å². The standard InChI is InChI=1S/C14H17F4N3O2/c1-13(2,3)23-12(22)21-5-4-8-9(7-21)19-10(6-15)20-11(8)14(16,17)18/h4-7H2,1-3H3. The minimum absolute atomic E-state index is 0.0112. The fraction of sp³-hybridized carbons (Fsp3) is 0.643. The number of fused-ring (bicyclic) bond motifs is 1. The molecule has 0 N–H and O–H groups in total. The lowest BCUT2D eigenvalue weighted by Gasteiger charge is -2.31. The Morgan fingerprint density at radius 2 is 1.91 bits per heavy atom. The predicted molar refractivity (Wildman–Crippen MR) is 72.2 cm³/mol. The first-order valence-corrected chi connectivity index (χ1v) is 7.01. The number of halogens is 4. The van der Waals surface area contributed by atoms with Gasteiger partial charge in [0, 0.05) is 12.1 Å². The fourth-order valence-corrected chi connectivity index (χ4v) is 2.26.